The second kappa shape index (κ2) is 8.89. The van der Waals surface area contributed by atoms with Gasteiger partial charge in [0.05, 0.1) is 22.6 Å². The first kappa shape index (κ1) is 21.7. The highest BCUT2D eigenvalue weighted by Crippen LogP contribution is 2.23. The number of benzene rings is 2. The third kappa shape index (κ3) is 4.70. The van der Waals surface area contributed by atoms with Gasteiger partial charge >= 0.3 is 6.03 Å². The maximum absolute atomic E-state index is 13.8. The van der Waals surface area contributed by atoms with Gasteiger partial charge in [0.15, 0.2) is 0 Å². The molecule has 1 aromatic heterocycles. The van der Waals surface area contributed by atoms with Crippen LogP contribution < -0.4 is 10.6 Å². The topological polar surface area (TPSA) is 109 Å². The number of carbonyl (C=O) groups excluding carboxylic acids is 1. The largest absolute Gasteiger partial charge is 0.336 e. The molecule has 1 aliphatic rings. The molecule has 0 atom stereocenters. The number of nitrogens with zero attached hydrogens (tertiary/aromatic N) is 4. The molecule has 31 heavy (non-hydrogen) atoms. The number of aromatic nitrogens is 3. The first-order valence-corrected chi connectivity index (χ1v) is 11.9. The lowest BCUT2D eigenvalue weighted by Gasteiger charge is -2.15. The van der Waals surface area contributed by atoms with Crippen molar-refractivity contribution in [3.05, 3.63) is 46.7 Å². The molecule has 12 heteroatoms. The van der Waals surface area contributed by atoms with Gasteiger partial charge < -0.3 is 10.6 Å². The van der Waals surface area contributed by atoms with Crippen LogP contribution >= 0.6 is 15.9 Å². The standard InChI is InChI=1S/C19H20BrFN6O3S/c20-13-3-5-16(15(21)11-13)23-19(28)22-7-10-27-18-6-4-14(12-17(18)24-25-27)31(29,30)26-8-1-2-9-26/h3-6,11-12H,1-2,7-10H2,(H2,22,23,28). The zero-order valence-corrected chi connectivity index (χ0v) is 18.8. The van der Waals surface area contributed by atoms with Gasteiger partial charge in [-0.1, -0.05) is 21.1 Å². The minimum absolute atomic E-state index is 0.0682. The number of hydrogen-bond donors (Lipinski definition) is 2. The number of sulfonamides is 1. The minimum atomic E-state index is -3.53. The average molecular weight is 511 g/mol. The highest BCUT2D eigenvalue weighted by atomic mass is 79.9. The number of fused-ring (bicyclic) bond motifs is 1. The van der Waals surface area contributed by atoms with Gasteiger partial charge in [-0.05, 0) is 49.2 Å². The van der Waals surface area contributed by atoms with Crippen molar-refractivity contribution in [1.29, 1.82) is 0 Å². The Balaban J connectivity index is 1.38. The summed E-state index contributed by atoms with van der Waals surface area (Å²) in [4.78, 5) is 12.2. The summed E-state index contributed by atoms with van der Waals surface area (Å²) in [7, 11) is -3.53. The molecule has 164 valence electrons. The third-order valence-corrected chi connectivity index (χ3v) is 7.36. The predicted molar refractivity (Wildman–Crippen MR) is 117 cm³/mol. The molecule has 3 aromatic rings. The highest BCUT2D eigenvalue weighted by molar-refractivity contribution is 9.10. The molecule has 1 fully saturated rings. The van der Waals surface area contributed by atoms with Crippen molar-refractivity contribution >= 4 is 48.7 Å². The Morgan fingerprint density at radius 3 is 2.68 bits per heavy atom. The van der Waals surface area contributed by atoms with E-state index in [2.05, 4.69) is 36.9 Å². The molecule has 0 spiro atoms. The summed E-state index contributed by atoms with van der Waals surface area (Å²) in [6.07, 6.45) is 1.74. The van der Waals surface area contributed by atoms with Gasteiger partial charge in [-0.2, -0.15) is 4.31 Å². The average Bonchev–Trinajstić information content (AvgIpc) is 3.40. The van der Waals surface area contributed by atoms with Crippen LogP contribution in [-0.4, -0.2) is 53.4 Å². The summed E-state index contributed by atoms with van der Waals surface area (Å²) >= 11 is 3.16. The van der Waals surface area contributed by atoms with E-state index in [1.807, 2.05) is 0 Å². The summed E-state index contributed by atoms with van der Waals surface area (Å²) in [6, 6.07) is 8.51. The minimum Gasteiger partial charge on any atom is -0.336 e. The van der Waals surface area contributed by atoms with Crippen molar-refractivity contribution in [2.75, 3.05) is 25.0 Å². The highest BCUT2D eigenvalue weighted by Gasteiger charge is 2.27. The van der Waals surface area contributed by atoms with Crippen LogP contribution in [0.5, 0.6) is 0 Å². The second-order valence-electron chi connectivity index (χ2n) is 7.08. The molecular formula is C19H20BrFN6O3S. The Kier molecular flexibility index (Phi) is 6.21. The van der Waals surface area contributed by atoms with Crippen molar-refractivity contribution in [2.24, 2.45) is 0 Å². The number of carbonyl (C=O) groups is 1. The Labute approximate surface area is 186 Å². The van der Waals surface area contributed by atoms with Gasteiger partial charge in [-0.3, -0.25) is 0 Å². The lowest BCUT2D eigenvalue weighted by atomic mass is 10.3. The van der Waals surface area contributed by atoms with Crippen LogP contribution in [0.25, 0.3) is 11.0 Å². The van der Waals surface area contributed by atoms with E-state index in [1.54, 1.807) is 22.9 Å². The van der Waals surface area contributed by atoms with Crippen molar-refractivity contribution < 1.29 is 17.6 Å². The van der Waals surface area contributed by atoms with Crippen molar-refractivity contribution in [3.63, 3.8) is 0 Å². The maximum atomic E-state index is 13.8. The van der Waals surface area contributed by atoms with E-state index in [1.165, 1.54) is 22.5 Å². The summed E-state index contributed by atoms with van der Waals surface area (Å²) < 4.78 is 42.9. The molecule has 0 radical (unpaired) electrons. The van der Waals surface area contributed by atoms with E-state index < -0.39 is 21.9 Å². The Bertz CT molecular complexity index is 1230. The quantitative estimate of drug-likeness (QED) is 0.529. The van der Waals surface area contributed by atoms with E-state index in [9.17, 15) is 17.6 Å². The Hall–Kier alpha value is -2.57. The number of amides is 2. The molecule has 1 aliphatic heterocycles. The number of nitrogens with one attached hydrogen (secondary N) is 2. The Morgan fingerprint density at radius 1 is 1.16 bits per heavy atom. The smallest absolute Gasteiger partial charge is 0.319 e. The van der Waals surface area contributed by atoms with Crippen LogP contribution in [0, 0.1) is 5.82 Å². The van der Waals surface area contributed by atoms with Gasteiger partial charge in [0.1, 0.15) is 11.3 Å². The fourth-order valence-corrected chi connectivity index (χ4v) is 5.26. The maximum Gasteiger partial charge on any atom is 0.319 e. The third-order valence-electron chi connectivity index (χ3n) is 4.98. The Morgan fingerprint density at radius 2 is 1.94 bits per heavy atom. The van der Waals surface area contributed by atoms with E-state index in [4.69, 9.17) is 0 Å². The number of halogens is 2. The van der Waals surface area contributed by atoms with Gasteiger partial charge in [0, 0.05) is 24.1 Å². The van der Waals surface area contributed by atoms with Crippen molar-refractivity contribution in [1.82, 2.24) is 24.6 Å². The monoisotopic (exact) mass is 510 g/mol. The van der Waals surface area contributed by atoms with Crippen molar-refractivity contribution in [2.45, 2.75) is 24.3 Å². The van der Waals surface area contributed by atoms with Crippen LogP contribution in [0.4, 0.5) is 14.9 Å². The lowest BCUT2D eigenvalue weighted by molar-refractivity contribution is 0.251. The van der Waals surface area contributed by atoms with E-state index in [0.717, 1.165) is 12.8 Å². The number of anilines is 1. The number of urea groups is 1. The SMILES string of the molecule is O=C(NCCn1nnc2cc(S(=O)(=O)N3CCCC3)ccc21)Nc1ccc(Br)cc1F. The molecule has 2 amide bonds. The summed E-state index contributed by atoms with van der Waals surface area (Å²) in [5, 5.41) is 13.2. The molecule has 0 saturated carbocycles. The first-order chi connectivity index (χ1) is 14.8. The molecule has 1 saturated heterocycles. The van der Waals surface area contributed by atoms with E-state index in [-0.39, 0.29) is 17.1 Å². The van der Waals surface area contributed by atoms with Gasteiger partial charge in [-0.15, -0.1) is 5.10 Å². The molecule has 0 bridgehead atoms. The van der Waals surface area contributed by atoms with Crippen LogP contribution in [-0.2, 0) is 16.6 Å². The summed E-state index contributed by atoms with van der Waals surface area (Å²) in [5.41, 5.74) is 1.18. The molecule has 2 N–H and O–H groups in total. The zero-order valence-electron chi connectivity index (χ0n) is 16.4. The summed E-state index contributed by atoms with van der Waals surface area (Å²) in [6.45, 7) is 1.59. The lowest BCUT2D eigenvalue weighted by Crippen LogP contribution is -2.32. The number of rotatable bonds is 6. The molecule has 4 rings (SSSR count). The zero-order chi connectivity index (χ0) is 22.0. The molecule has 0 unspecified atom stereocenters. The molecule has 2 heterocycles. The molecule has 2 aromatic carbocycles. The van der Waals surface area contributed by atoms with Crippen LogP contribution in [0.2, 0.25) is 0 Å². The molecular weight excluding hydrogens is 491 g/mol. The van der Waals surface area contributed by atoms with E-state index in [0.29, 0.717) is 35.1 Å². The van der Waals surface area contributed by atoms with Gasteiger partial charge in [-0.25, -0.2) is 22.3 Å². The van der Waals surface area contributed by atoms with Crippen LogP contribution in [0.1, 0.15) is 12.8 Å². The predicted octanol–water partition coefficient (Wildman–Crippen LogP) is 2.94. The normalized spacial score (nSPS) is 14.8. The summed E-state index contributed by atoms with van der Waals surface area (Å²) in [5.74, 6) is -0.550. The van der Waals surface area contributed by atoms with Crippen LogP contribution in [0.15, 0.2) is 45.8 Å². The fraction of sp³-hybridized carbons (Fsp3) is 0.316. The number of hydrogen-bond acceptors (Lipinski definition) is 5. The van der Waals surface area contributed by atoms with E-state index >= 15 is 0 Å². The second-order valence-corrected chi connectivity index (χ2v) is 9.93. The van der Waals surface area contributed by atoms with Gasteiger partial charge in [0.25, 0.3) is 0 Å². The first-order valence-electron chi connectivity index (χ1n) is 9.68. The van der Waals surface area contributed by atoms with Crippen LogP contribution in [0.3, 0.4) is 0 Å². The fourth-order valence-electron chi connectivity index (χ4n) is 3.39. The molecule has 0 aliphatic carbocycles. The van der Waals surface area contributed by atoms with Crippen molar-refractivity contribution in [3.8, 4) is 0 Å². The molecule has 9 nitrogen and oxygen atoms in total. The van der Waals surface area contributed by atoms with Gasteiger partial charge in [0.2, 0.25) is 10.0 Å².